The number of ketones is 1. The largest absolute Gasteiger partial charge is 0.481 e. The van der Waals surface area contributed by atoms with Crippen molar-refractivity contribution < 1.29 is 28.6 Å². The Hall–Kier alpha value is -3.21. The third-order valence-corrected chi connectivity index (χ3v) is 16.8. The van der Waals surface area contributed by atoms with Crippen LogP contribution in [0.5, 0.6) is 0 Å². The second-order valence-electron chi connectivity index (χ2n) is 20.9. The summed E-state index contributed by atoms with van der Waals surface area (Å²) in [6, 6.07) is 0. The van der Waals surface area contributed by atoms with Gasteiger partial charge < -0.3 is 20.1 Å². The van der Waals surface area contributed by atoms with Crippen molar-refractivity contribution >= 4 is 23.4 Å². The highest BCUT2D eigenvalue weighted by molar-refractivity contribution is 6.01. The molecule has 4 saturated carbocycles. The number of nitrogens with two attached hydrogens (primary N) is 1. The first kappa shape index (κ1) is 41.0. The van der Waals surface area contributed by atoms with Crippen LogP contribution in [0.2, 0.25) is 0 Å². The number of aromatic nitrogens is 3. The molecule has 1 aromatic heterocycles. The molecule has 0 radical (unpaired) electrons. The molecule has 8 atom stereocenters. The number of hydrogen-bond donors (Lipinski definition) is 2. The third kappa shape index (κ3) is 6.18. The molecule has 7 rings (SSSR count). The van der Waals surface area contributed by atoms with Crippen LogP contribution in [0.25, 0.3) is 0 Å². The number of rotatable bonds is 10. The number of carbonyl (C=O) groups is 3. The minimum atomic E-state index is -1.17. The van der Waals surface area contributed by atoms with Crippen LogP contribution in [0.4, 0.5) is 4.39 Å². The van der Waals surface area contributed by atoms with E-state index in [1.54, 1.807) is 13.8 Å². The topological polar surface area (TPSA) is 150 Å². The highest BCUT2D eigenvalue weighted by atomic mass is 19.1. The van der Waals surface area contributed by atoms with E-state index in [4.69, 9.17) is 15.6 Å². The minimum absolute atomic E-state index is 0.00725. The molecule has 4 fully saturated rings. The van der Waals surface area contributed by atoms with Crippen molar-refractivity contribution in [3.8, 4) is 0 Å². The summed E-state index contributed by atoms with van der Waals surface area (Å²) in [6.07, 6.45) is 10.7. The third-order valence-electron chi connectivity index (χ3n) is 16.8. The van der Waals surface area contributed by atoms with Crippen molar-refractivity contribution in [1.82, 2.24) is 14.8 Å². The normalized spacial score (nSPS) is 36.6. The predicted molar refractivity (Wildman–Crippen MR) is 213 cm³/mol. The van der Waals surface area contributed by atoms with Crippen LogP contribution in [0.3, 0.4) is 0 Å². The number of allylic oxidation sites excluding steroid dienone is 3. The number of carboxylic acids is 1. The number of nitrogens with zero attached hydrogens (tertiary/aromatic N) is 4. The summed E-state index contributed by atoms with van der Waals surface area (Å²) in [5.74, 6) is 1.36. The first-order chi connectivity index (χ1) is 26.1. The summed E-state index contributed by atoms with van der Waals surface area (Å²) in [5, 5.41) is 19.0. The van der Waals surface area contributed by atoms with Gasteiger partial charge in [0, 0.05) is 43.2 Å². The lowest BCUT2D eigenvalue weighted by molar-refractivity contribution is -0.233. The Balaban J connectivity index is 1.20. The average Bonchev–Trinajstić information content (AvgIpc) is 3.63. The Bertz CT molecular complexity index is 1890. The molecular formula is C45H66FN5O5. The Labute approximate surface area is 332 Å². The molecule has 3 N–H and O–H groups in total. The van der Waals surface area contributed by atoms with E-state index in [1.807, 2.05) is 0 Å². The van der Waals surface area contributed by atoms with Gasteiger partial charge in [-0.1, -0.05) is 54.0 Å². The summed E-state index contributed by atoms with van der Waals surface area (Å²) < 4.78 is 22.2. The van der Waals surface area contributed by atoms with Gasteiger partial charge in [0.2, 0.25) is 0 Å². The number of carbonyl (C=O) groups excluding carboxylic acids is 2. The number of Topliss-reactive ketones (excluding diaryl/α,β-unsaturated/α-hetero) is 1. The van der Waals surface area contributed by atoms with Crippen LogP contribution >= 0.6 is 0 Å². The van der Waals surface area contributed by atoms with Crippen molar-refractivity contribution in [3.63, 3.8) is 0 Å². The summed E-state index contributed by atoms with van der Waals surface area (Å²) in [4.78, 5) is 43.6. The van der Waals surface area contributed by atoms with Gasteiger partial charge in [0.05, 0.1) is 23.7 Å². The molecule has 0 bridgehead atoms. The summed E-state index contributed by atoms with van der Waals surface area (Å²) in [6.45, 7) is 20.6. The van der Waals surface area contributed by atoms with Gasteiger partial charge in [0.25, 0.3) is 0 Å². The quantitative estimate of drug-likeness (QED) is 0.225. The first-order valence-corrected chi connectivity index (χ1v) is 21.4. The highest BCUT2D eigenvalue weighted by Crippen LogP contribution is 2.77. The van der Waals surface area contributed by atoms with E-state index < -0.39 is 17.4 Å². The van der Waals surface area contributed by atoms with Gasteiger partial charge in [-0.15, -0.1) is 10.2 Å². The molecule has 1 aliphatic heterocycles. The zero-order valence-corrected chi connectivity index (χ0v) is 35.4. The minimum Gasteiger partial charge on any atom is -0.481 e. The molecule has 0 saturated heterocycles. The molecular weight excluding hydrogens is 710 g/mol. The molecule has 0 spiro atoms. The molecule has 6 aliphatic rings. The molecule has 56 heavy (non-hydrogen) atoms. The number of esters is 1. The molecule has 11 heteroatoms. The maximum absolute atomic E-state index is 14.3. The van der Waals surface area contributed by atoms with Crippen LogP contribution in [0, 0.1) is 56.2 Å². The Morgan fingerprint density at radius 3 is 2.38 bits per heavy atom. The van der Waals surface area contributed by atoms with Crippen LogP contribution in [-0.2, 0) is 32.1 Å². The van der Waals surface area contributed by atoms with Gasteiger partial charge in [-0.05, 0) is 117 Å². The first-order valence-electron chi connectivity index (χ1n) is 21.4. The van der Waals surface area contributed by atoms with E-state index in [0.29, 0.717) is 56.4 Å². The standard InChI is InChI=1S/C45H66FN5O5/c1-26(2)36-30(52)22-45(23-34-49-50-38(51(34)21-20-47)29-12-10-27(46)25-48-29)19-18-43(8)28(37(36)45)11-13-32-42(7)16-15-33(56-35(53)24-40(3,4)39(54)55)41(5,6)31(42)14-17-44(32,43)9/h25-26,28,31-33H,10-24,47H2,1-9H3,(H,54,55)/t28?,31-,32+,33-,42?,43+,44?,45?/m0/s1. The molecule has 2 heterocycles. The molecule has 0 aromatic carbocycles. The number of halogens is 1. The van der Waals surface area contributed by atoms with E-state index in [1.165, 1.54) is 11.8 Å². The fourth-order valence-electron chi connectivity index (χ4n) is 13.8. The molecule has 10 nitrogen and oxygen atoms in total. The smallest absolute Gasteiger partial charge is 0.309 e. The van der Waals surface area contributed by atoms with Crippen LogP contribution in [-0.4, -0.2) is 56.0 Å². The second kappa shape index (κ2) is 14.0. The zero-order valence-electron chi connectivity index (χ0n) is 35.4. The maximum Gasteiger partial charge on any atom is 0.309 e. The summed E-state index contributed by atoms with van der Waals surface area (Å²) in [7, 11) is 0. The maximum atomic E-state index is 14.3. The fourth-order valence-corrected chi connectivity index (χ4v) is 13.8. The second-order valence-corrected chi connectivity index (χ2v) is 20.9. The number of ether oxygens (including phenoxy) is 1. The van der Waals surface area contributed by atoms with Gasteiger partial charge in [-0.3, -0.25) is 19.4 Å². The predicted octanol–water partition coefficient (Wildman–Crippen LogP) is 8.57. The van der Waals surface area contributed by atoms with E-state index >= 15 is 0 Å². The molecule has 5 aliphatic carbocycles. The van der Waals surface area contributed by atoms with Crippen LogP contribution in [0.15, 0.2) is 28.2 Å². The van der Waals surface area contributed by atoms with Gasteiger partial charge in [0.1, 0.15) is 17.8 Å². The number of aliphatic imine (C=N–C) groups is 1. The summed E-state index contributed by atoms with van der Waals surface area (Å²) >= 11 is 0. The zero-order chi connectivity index (χ0) is 40.8. The average molecular weight is 776 g/mol. The van der Waals surface area contributed by atoms with Gasteiger partial charge >= 0.3 is 11.9 Å². The lowest BCUT2D eigenvalue weighted by atomic mass is 9.33. The van der Waals surface area contributed by atoms with Gasteiger partial charge in [-0.2, -0.15) is 0 Å². The number of fused-ring (bicyclic) bond motifs is 7. The fraction of sp³-hybridized carbons (Fsp3) is 0.778. The lowest BCUT2D eigenvalue weighted by Crippen LogP contribution is -2.65. The van der Waals surface area contributed by atoms with Crippen LogP contribution in [0.1, 0.15) is 151 Å². The summed E-state index contributed by atoms with van der Waals surface area (Å²) in [5.41, 5.74) is 7.64. The molecule has 1 aromatic rings. The van der Waals surface area contributed by atoms with E-state index in [9.17, 15) is 23.9 Å². The monoisotopic (exact) mass is 776 g/mol. The number of hydrogen-bond acceptors (Lipinski definition) is 8. The van der Waals surface area contributed by atoms with Crippen molar-refractivity contribution in [2.75, 3.05) is 6.54 Å². The van der Waals surface area contributed by atoms with E-state index in [0.717, 1.165) is 68.5 Å². The Kier molecular flexibility index (Phi) is 10.2. The van der Waals surface area contributed by atoms with Crippen molar-refractivity contribution in [2.24, 2.45) is 66.9 Å². The Morgan fingerprint density at radius 1 is 1.00 bits per heavy atom. The SMILES string of the molecule is CC(C)C1=C2C3CC[C@@H]4C5(C)CC[C@H](OC(=O)CC(C)(C)C(=O)O)C(C)(C)[C@@H]5CCC4(C)[C@]3(C)CCC2(Cc2nnc(C3=NC=C(F)CC3)n2CCN)CC1=O. The number of aliphatic carboxylic acids is 1. The Morgan fingerprint density at radius 2 is 1.73 bits per heavy atom. The van der Waals surface area contributed by atoms with Crippen molar-refractivity contribution in [2.45, 2.75) is 158 Å². The van der Waals surface area contributed by atoms with E-state index in [2.05, 4.69) is 63.1 Å². The molecule has 308 valence electrons. The van der Waals surface area contributed by atoms with E-state index in [-0.39, 0.29) is 63.0 Å². The van der Waals surface area contributed by atoms with Crippen molar-refractivity contribution in [3.05, 3.63) is 34.8 Å². The van der Waals surface area contributed by atoms with Gasteiger partial charge in [-0.25, -0.2) is 4.39 Å². The van der Waals surface area contributed by atoms with Gasteiger partial charge in [0.15, 0.2) is 11.6 Å². The number of carboxylic acid groups (broad SMARTS) is 1. The highest BCUT2D eigenvalue weighted by Gasteiger charge is 2.70. The van der Waals surface area contributed by atoms with Crippen LogP contribution < -0.4 is 5.73 Å². The lowest BCUT2D eigenvalue weighted by Gasteiger charge is -2.72. The molecule has 0 amide bonds. The molecule has 4 unspecified atom stereocenters. The van der Waals surface area contributed by atoms with Crippen molar-refractivity contribution in [1.29, 1.82) is 0 Å².